The first-order valence-electron chi connectivity index (χ1n) is 9.60. The molecule has 2 rings (SSSR count). The summed E-state index contributed by atoms with van der Waals surface area (Å²) in [6.07, 6.45) is 6.12. The molecule has 0 radical (unpaired) electrons. The SMILES string of the molecule is N=C(N)SC(=N)CCCCC(=N)SC(=N)NC(=O)Cc1cccc(Cn2cccn2)c1. The molecule has 0 fully saturated rings. The molecule has 0 aliphatic heterocycles. The number of amides is 1. The highest BCUT2D eigenvalue weighted by Crippen LogP contribution is 2.14. The fourth-order valence-electron chi connectivity index (χ4n) is 2.73. The van der Waals surface area contributed by atoms with Gasteiger partial charge in [-0.2, -0.15) is 5.10 Å². The van der Waals surface area contributed by atoms with E-state index in [0.29, 0.717) is 37.3 Å². The number of amidine groups is 2. The van der Waals surface area contributed by atoms with E-state index in [0.717, 1.165) is 34.7 Å². The summed E-state index contributed by atoms with van der Waals surface area (Å²) < 4.78 is 1.81. The van der Waals surface area contributed by atoms with Crippen LogP contribution in [0.25, 0.3) is 0 Å². The number of carbonyl (C=O) groups excluding carboxylic acids is 1. The monoisotopic (exact) mass is 458 g/mol. The average Bonchev–Trinajstić information content (AvgIpc) is 3.17. The van der Waals surface area contributed by atoms with Gasteiger partial charge < -0.3 is 11.1 Å². The third-order valence-corrected chi connectivity index (χ3v) is 5.46. The summed E-state index contributed by atoms with van der Waals surface area (Å²) in [6.45, 7) is 0.623. The molecule has 0 atom stereocenters. The number of nitrogens with two attached hydrogens (primary N) is 1. The molecule has 0 spiro atoms. The van der Waals surface area contributed by atoms with E-state index in [1.165, 1.54) is 0 Å². The Morgan fingerprint density at radius 3 is 2.35 bits per heavy atom. The minimum Gasteiger partial charge on any atom is -0.378 e. The van der Waals surface area contributed by atoms with Crippen LogP contribution in [0.3, 0.4) is 0 Å². The summed E-state index contributed by atoms with van der Waals surface area (Å²) in [5.74, 6) is -0.295. The molecule has 7 N–H and O–H groups in total. The van der Waals surface area contributed by atoms with Crippen LogP contribution >= 0.6 is 23.5 Å². The van der Waals surface area contributed by atoms with Crippen LogP contribution in [-0.2, 0) is 17.8 Å². The van der Waals surface area contributed by atoms with E-state index in [1.807, 2.05) is 41.2 Å². The van der Waals surface area contributed by atoms with E-state index in [9.17, 15) is 4.79 Å². The highest BCUT2D eigenvalue weighted by Gasteiger charge is 2.10. The lowest BCUT2D eigenvalue weighted by molar-refractivity contribution is -0.119. The van der Waals surface area contributed by atoms with Gasteiger partial charge in [-0.1, -0.05) is 24.3 Å². The summed E-state index contributed by atoms with van der Waals surface area (Å²) in [5, 5.41) is 37.8. The number of unbranched alkanes of at least 4 members (excludes halogenated alkanes) is 1. The van der Waals surface area contributed by atoms with Gasteiger partial charge in [-0.05, 0) is 66.4 Å². The fraction of sp³-hybridized carbons (Fsp3) is 0.300. The number of carbonyl (C=O) groups is 1. The van der Waals surface area contributed by atoms with Crippen molar-refractivity contribution in [1.82, 2.24) is 15.1 Å². The van der Waals surface area contributed by atoms with Gasteiger partial charge in [-0.25, -0.2) is 0 Å². The molecule has 1 amide bonds. The van der Waals surface area contributed by atoms with Gasteiger partial charge >= 0.3 is 0 Å². The first kappa shape index (κ1) is 24.4. The van der Waals surface area contributed by atoms with Gasteiger partial charge in [-0.15, -0.1) is 0 Å². The van der Waals surface area contributed by atoms with Crippen molar-refractivity contribution in [3.63, 3.8) is 0 Å². The highest BCUT2D eigenvalue weighted by molar-refractivity contribution is 8.26. The molecule has 0 aliphatic carbocycles. The summed E-state index contributed by atoms with van der Waals surface area (Å²) in [5.41, 5.74) is 7.11. The zero-order valence-electron chi connectivity index (χ0n) is 17.0. The second-order valence-electron chi connectivity index (χ2n) is 6.70. The largest absolute Gasteiger partial charge is 0.378 e. The summed E-state index contributed by atoms with van der Waals surface area (Å²) >= 11 is 1.86. The second kappa shape index (κ2) is 12.7. The minimum atomic E-state index is -0.295. The van der Waals surface area contributed by atoms with Crippen molar-refractivity contribution in [2.75, 3.05) is 0 Å². The van der Waals surface area contributed by atoms with E-state index in [1.54, 1.807) is 6.20 Å². The lowest BCUT2D eigenvalue weighted by atomic mass is 10.1. The molecule has 1 heterocycles. The van der Waals surface area contributed by atoms with Crippen LogP contribution in [-0.4, -0.2) is 36.1 Å². The molecule has 1 aromatic heterocycles. The normalized spacial score (nSPS) is 10.5. The van der Waals surface area contributed by atoms with E-state index < -0.39 is 0 Å². The average molecular weight is 459 g/mol. The number of hydrogen-bond donors (Lipinski definition) is 6. The minimum absolute atomic E-state index is 0.0671. The van der Waals surface area contributed by atoms with E-state index in [-0.39, 0.29) is 27.7 Å². The predicted octanol–water partition coefficient (Wildman–Crippen LogP) is 3.40. The van der Waals surface area contributed by atoms with Gasteiger partial charge in [-0.3, -0.25) is 31.1 Å². The first-order chi connectivity index (χ1) is 14.8. The van der Waals surface area contributed by atoms with Gasteiger partial charge in [0.15, 0.2) is 10.3 Å². The number of aromatic nitrogens is 2. The molecule has 0 unspecified atom stereocenters. The molecule has 164 valence electrons. The molecule has 0 bridgehead atoms. The van der Waals surface area contributed by atoms with E-state index in [2.05, 4.69) is 10.4 Å². The molecule has 11 heteroatoms. The second-order valence-corrected chi connectivity index (χ2v) is 8.94. The standard InChI is InChI=1S/C20H26N8OS2/c21-16(30-19(23)24)7-1-2-8-17(22)31-20(25)27-18(29)12-14-5-3-6-15(11-14)13-28-10-4-9-26-28/h3-6,9-11,21-22H,1-2,7-8,12-13H2,(H3,23,24)(H2,25,27,29). The fourth-order valence-corrected chi connectivity index (χ4v) is 3.90. The molecule has 1 aromatic carbocycles. The Morgan fingerprint density at radius 2 is 1.71 bits per heavy atom. The Bertz CT molecular complexity index is 942. The van der Waals surface area contributed by atoms with Crippen LogP contribution in [0.5, 0.6) is 0 Å². The van der Waals surface area contributed by atoms with Crippen LogP contribution in [0.15, 0.2) is 42.7 Å². The van der Waals surface area contributed by atoms with Crippen molar-refractivity contribution in [1.29, 1.82) is 21.6 Å². The van der Waals surface area contributed by atoms with E-state index in [4.69, 9.17) is 27.4 Å². The van der Waals surface area contributed by atoms with E-state index >= 15 is 0 Å². The van der Waals surface area contributed by atoms with Crippen LogP contribution in [0.4, 0.5) is 0 Å². The van der Waals surface area contributed by atoms with Gasteiger partial charge in [0.05, 0.1) is 23.1 Å². The van der Waals surface area contributed by atoms with Crippen molar-refractivity contribution in [2.24, 2.45) is 5.73 Å². The molecular formula is C20H26N8OS2. The smallest absolute Gasteiger partial charge is 0.230 e. The van der Waals surface area contributed by atoms with Gasteiger partial charge in [0.2, 0.25) is 5.91 Å². The van der Waals surface area contributed by atoms with Gasteiger partial charge in [0, 0.05) is 12.4 Å². The first-order valence-corrected chi connectivity index (χ1v) is 11.2. The van der Waals surface area contributed by atoms with Crippen molar-refractivity contribution < 1.29 is 4.79 Å². The van der Waals surface area contributed by atoms with Crippen molar-refractivity contribution in [3.05, 3.63) is 53.9 Å². The molecule has 2 aromatic rings. The highest BCUT2D eigenvalue weighted by atomic mass is 32.2. The maximum Gasteiger partial charge on any atom is 0.230 e. The zero-order valence-corrected chi connectivity index (χ0v) is 18.6. The molecular weight excluding hydrogens is 432 g/mol. The third kappa shape index (κ3) is 10.1. The van der Waals surface area contributed by atoms with Crippen LogP contribution in [0.1, 0.15) is 36.8 Å². The molecule has 9 nitrogen and oxygen atoms in total. The zero-order chi connectivity index (χ0) is 22.6. The molecule has 31 heavy (non-hydrogen) atoms. The number of rotatable bonds is 9. The van der Waals surface area contributed by atoms with Crippen molar-refractivity contribution in [3.8, 4) is 0 Å². The Hall–Kier alpha value is -2.92. The number of nitrogens with one attached hydrogen (secondary N) is 5. The van der Waals surface area contributed by atoms with Crippen LogP contribution in [0, 0.1) is 21.6 Å². The third-order valence-electron chi connectivity index (χ3n) is 4.03. The predicted molar refractivity (Wildman–Crippen MR) is 128 cm³/mol. The van der Waals surface area contributed by atoms with Crippen molar-refractivity contribution in [2.45, 2.75) is 38.6 Å². The lowest BCUT2D eigenvalue weighted by Gasteiger charge is -2.09. The Balaban J connectivity index is 1.68. The number of benzene rings is 1. The number of nitrogens with zero attached hydrogens (tertiary/aromatic N) is 2. The molecule has 0 aliphatic rings. The Kier molecular flexibility index (Phi) is 9.98. The molecule has 0 saturated carbocycles. The summed E-state index contributed by atoms with van der Waals surface area (Å²) in [4.78, 5) is 12.2. The Labute approximate surface area is 189 Å². The summed E-state index contributed by atoms with van der Waals surface area (Å²) in [7, 11) is 0. The number of hydrogen-bond acceptors (Lipinski definition) is 8. The van der Waals surface area contributed by atoms with Gasteiger partial charge in [0.1, 0.15) is 0 Å². The van der Waals surface area contributed by atoms with Gasteiger partial charge in [0.25, 0.3) is 0 Å². The Morgan fingerprint density at radius 1 is 1.03 bits per heavy atom. The summed E-state index contributed by atoms with van der Waals surface area (Å²) in [6, 6.07) is 9.54. The lowest BCUT2D eigenvalue weighted by Crippen LogP contribution is -2.29. The maximum atomic E-state index is 12.2. The number of thioether (sulfide) groups is 2. The van der Waals surface area contributed by atoms with Crippen LogP contribution in [0.2, 0.25) is 0 Å². The van der Waals surface area contributed by atoms with Crippen molar-refractivity contribution >= 4 is 49.9 Å². The maximum absolute atomic E-state index is 12.2. The topological polar surface area (TPSA) is 168 Å². The molecule has 0 saturated heterocycles. The van der Waals surface area contributed by atoms with Crippen LogP contribution < -0.4 is 11.1 Å². The quantitative estimate of drug-likeness (QED) is 0.192.